The van der Waals surface area contributed by atoms with Crippen LogP contribution in [0.25, 0.3) is 0 Å². The maximum Gasteiger partial charge on any atom is 0.326 e. The number of fused-ring (bicyclic) bond motifs is 2. The largest absolute Gasteiger partial charge is 0.480 e. The van der Waals surface area contributed by atoms with E-state index in [2.05, 4.69) is 5.32 Å². The van der Waals surface area contributed by atoms with Crippen molar-refractivity contribution in [3.05, 3.63) is 87.7 Å². The van der Waals surface area contributed by atoms with Crippen LogP contribution in [-0.2, 0) is 26.2 Å². The Kier molecular flexibility index (Phi) is 6.64. The van der Waals surface area contributed by atoms with Crippen LogP contribution >= 0.6 is 23.2 Å². The SMILES string of the molecule is O=C(O)[C@H](Cc1ccc(N2C(=O)C3(CCOCC3)c3cccc(Cl)c32)cc1)Nc1c(F)cccc1Cl. The molecule has 0 aromatic heterocycles. The third-order valence-corrected chi connectivity index (χ3v) is 7.52. The number of nitrogens with zero attached hydrogens (tertiary/aromatic N) is 1. The maximum atomic E-state index is 14.2. The highest BCUT2D eigenvalue weighted by Gasteiger charge is 2.52. The standard InChI is InChI=1S/C27H23Cl2FN2O4/c28-19-4-2-6-21(30)23(19)31-22(25(33)34)15-16-7-9-17(10-8-16)32-24-18(3-1-5-20(24)29)27(26(32)35)11-13-36-14-12-27/h1-10,22,31H,11-15H2,(H,33,34)/t22-/m0/s1. The Bertz CT molecular complexity index is 1310. The van der Waals surface area contributed by atoms with E-state index >= 15 is 0 Å². The number of hydrogen-bond donors (Lipinski definition) is 2. The number of carboxylic acid groups (broad SMARTS) is 1. The van der Waals surface area contributed by atoms with Crippen LogP contribution in [0.1, 0.15) is 24.0 Å². The molecule has 2 aliphatic rings. The second-order valence-electron chi connectivity index (χ2n) is 8.97. The minimum Gasteiger partial charge on any atom is -0.480 e. The van der Waals surface area contributed by atoms with Gasteiger partial charge in [0.2, 0.25) is 5.91 Å². The molecule has 1 saturated heterocycles. The molecule has 36 heavy (non-hydrogen) atoms. The van der Waals surface area contributed by atoms with Gasteiger partial charge in [-0.3, -0.25) is 9.69 Å². The first-order valence-corrected chi connectivity index (χ1v) is 12.3. The van der Waals surface area contributed by atoms with Crippen LogP contribution in [0.5, 0.6) is 0 Å². The molecule has 0 radical (unpaired) electrons. The number of carbonyl (C=O) groups excluding carboxylic acids is 1. The lowest BCUT2D eigenvalue weighted by Crippen LogP contribution is -2.42. The van der Waals surface area contributed by atoms with E-state index in [1.54, 1.807) is 35.2 Å². The van der Waals surface area contributed by atoms with Gasteiger partial charge in [0.25, 0.3) is 0 Å². The first-order valence-electron chi connectivity index (χ1n) is 11.6. The predicted octanol–water partition coefficient (Wildman–Crippen LogP) is 5.97. The topological polar surface area (TPSA) is 78.9 Å². The Hall–Kier alpha value is -3.13. The number of carboxylic acids is 1. The van der Waals surface area contributed by atoms with Crippen LogP contribution in [-0.4, -0.2) is 36.2 Å². The second-order valence-corrected chi connectivity index (χ2v) is 9.79. The van der Waals surface area contributed by atoms with Gasteiger partial charge in [-0.2, -0.15) is 0 Å². The van der Waals surface area contributed by atoms with E-state index in [9.17, 15) is 19.1 Å². The van der Waals surface area contributed by atoms with Crippen LogP contribution in [0.2, 0.25) is 10.0 Å². The maximum absolute atomic E-state index is 14.2. The Morgan fingerprint density at radius 2 is 1.72 bits per heavy atom. The third kappa shape index (κ3) is 4.21. The quantitative estimate of drug-likeness (QED) is 0.412. The van der Waals surface area contributed by atoms with Crippen molar-refractivity contribution in [2.45, 2.75) is 30.7 Å². The van der Waals surface area contributed by atoms with Gasteiger partial charge in [0, 0.05) is 25.3 Å². The van der Waals surface area contributed by atoms with E-state index in [1.807, 2.05) is 12.1 Å². The summed E-state index contributed by atoms with van der Waals surface area (Å²) < 4.78 is 19.7. The van der Waals surface area contributed by atoms with Crippen molar-refractivity contribution in [1.82, 2.24) is 0 Å². The van der Waals surface area contributed by atoms with E-state index < -0.39 is 23.2 Å². The molecule has 2 aliphatic heterocycles. The number of hydrogen-bond acceptors (Lipinski definition) is 4. The molecule has 3 aromatic rings. The summed E-state index contributed by atoms with van der Waals surface area (Å²) in [6.07, 6.45) is 1.24. The molecule has 2 heterocycles. The number of amides is 1. The molecule has 6 nitrogen and oxygen atoms in total. The summed E-state index contributed by atoms with van der Waals surface area (Å²) in [4.78, 5) is 27.3. The molecule has 1 fully saturated rings. The fourth-order valence-corrected chi connectivity index (χ4v) is 5.51. The molecule has 1 atom stereocenters. The average molecular weight is 529 g/mol. The molecule has 9 heteroatoms. The molecule has 0 saturated carbocycles. The minimum atomic E-state index is -1.14. The van der Waals surface area contributed by atoms with Gasteiger partial charge < -0.3 is 15.2 Å². The zero-order valence-corrected chi connectivity index (χ0v) is 20.7. The molecule has 186 valence electrons. The number of carbonyl (C=O) groups is 2. The van der Waals surface area contributed by atoms with Crippen LogP contribution in [0.4, 0.5) is 21.5 Å². The van der Waals surface area contributed by atoms with E-state index in [1.165, 1.54) is 18.2 Å². The van der Waals surface area contributed by atoms with Gasteiger partial charge in [0.1, 0.15) is 11.9 Å². The molecule has 3 aromatic carbocycles. The molecule has 1 amide bonds. The first-order chi connectivity index (χ1) is 17.3. The van der Waals surface area contributed by atoms with E-state index in [0.717, 1.165) is 5.56 Å². The van der Waals surface area contributed by atoms with Crippen molar-refractivity contribution < 1.29 is 23.8 Å². The Morgan fingerprint density at radius 1 is 1.06 bits per heavy atom. The minimum absolute atomic E-state index is 0.0408. The number of para-hydroxylation sites is 2. The van der Waals surface area contributed by atoms with Crippen molar-refractivity contribution in [3.8, 4) is 0 Å². The van der Waals surface area contributed by atoms with Crippen LogP contribution < -0.4 is 10.2 Å². The molecule has 5 rings (SSSR count). The van der Waals surface area contributed by atoms with Crippen LogP contribution in [0.3, 0.4) is 0 Å². The van der Waals surface area contributed by atoms with Crippen molar-refractivity contribution in [1.29, 1.82) is 0 Å². The number of rotatable bonds is 6. The summed E-state index contributed by atoms with van der Waals surface area (Å²) in [6.45, 7) is 1.00. The fraction of sp³-hybridized carbons (Fsp3) is 0.259. The lowest BCUT2D eigenvalue weighted by Gasteiger charge is -2.32. The zero-order valence-electron chi connectivity index (χ0n) is 19.1. The summed E-state index contributed by atoms with van der Waals surface area (Å²) in [7, 11) is 0. The molecule has 0 unspecified atom stereocenters. The number of nitrogens with one attached hydrogen (secondary N) is 1. The number of anilines is 3. The molecular weight excluding hydrogens is 506 g/mol. The average Bonchev–Trinajstić information content (AvgIpc) is 3.10. The van der Waals surface area contributed by atoms with Gasteiger partial charge in [0.05, 0.1) is 26.8 Å². The Balaban J connectivity index is 1.42. The zero-order chi connectivity index (χ0) is 25.4. The highest BCUT2D eigenvalue weighted by molar-refractivity contribution is 6.35. The van der Waals surface area contributed by atoms with Gasteiger partial charge in [0.15, 0.2) is 0 Å². The number of aliphatic carboxylic acids is 1. The van der Waals surface area contributed by atoms with Gasteiger partial charge in [-0.15, -0.1) is 0 Å². The van der Waals surface area contributed by atoms with E-state index in [4.69, 9.17) is 27.9 Å². The smallest absolute Gasteiger partial charge is 0.326 e. The van der Waals surface area contributed by atoms with Crippen LogP contribution in [0.15, 0.2) is 60.7 Å². The van der Waals surface area contributed by atoms with E-state index in [0.29, 0.717) is 48.0 Å². The van der Waals surface area contributed by atoms with E-state index in [-0.39, 0.29) is 23.0 Å². The summed E-state index contributed by atoms with van der Waals surface area (Å²) in [6, 6.07) is 15.7. The number of halogens is 3. The van der Waals surface area contributed by atoms with Crippen molar-refractivity contribution in [3.63, 3.8) is 0 Å². The summed E-state index contributed by atoms with van der Waals surface area (Å²) in [5, 5.41) is 13.0. The monoisotopic (exact) mass is 528 g/mol. The van der Waals surface area contributed by atoms with Crippen LogP contribution in [0, 0.1) is 5.82 Å². The normalized spacial score (nSPS) is 17.2. The molecule has 1 spiro atoms. The van der Waals surface area contributed by atoms with Crippen molar-refractivity contribution in [2.24, 2.45) is 0 Å². The summed E-state index contributed by atoms with van der Waals surface area (Å²) in [5.41, 5.74) is 2.19. The molecule has 2 N–H and O–H groups in total. The van der Waals surface area contributed by atoms with Crippen molar-refractivity contribution in [2.75, 3.05) is 23.4 Å². The van der Waals surface area contributed by atoms with Gasteiger partial charge >= 0.3 is 5.97 Å². The second kappa shape index (κ2) is 9.73. The summed E-state index contributed by atoms with van der Waals surface area (Å²) in [5.74, 6) is -1.81. The lowest BCUT2D eigenvalue weighted by atomic mass is 9.75. The third-order valence-electron chi connectivity index (χ3n) is 6.90. The molecular formula is C27H23Cl2FN2O4. The lowest BCUT2D eigenvalue weighted by molar-refractivity contribution is -0.137. The Morgan fingerprint density at radius 3 is 2.39 bits per heavy atom. The van der Waals surface area contributed by atoms with Crippen molar-refractivity contribution >= 4 is 52.1 Å². The molecule has 0 bridgehead atoms. The molecule has 0 aliphatic carbocycles. The highest BCUT2D eigenvalue weighted by Crippen LogP contribution is 2.52. The number of benzene rings is 3. The van der Waals surface area contributed by atoms with Gasteiger partial charge in [-0.1, -0.05) is 53.5 Å². The first kappa shape index (κ1) is 24.6. The number of ether oxygens (including phenoxy) is 1. The van der Waals surface area contributed by atoms with Gasteiger partial charge in [-0.05, 0) is 54.3 Å². The Labute approximate surface area is 217 Å². The highest BCUT2D eigenvalue weighted by atomic mass is 35.5. The summed E-state index contributed by atoms with van der Waals surface area (Å²) >= 11 is 12.6. The van der Waals surface area contributed by atoms with Gasteiger partial charge in [-0.25, -0.2) is 9.18 Å². The predicted molar refractivity (Wildman–Crippen MR) is 137 cm³/mol. The fourth-order valence-electron chi connectivity index (χ4n) is 5.04.